The number of alkyl halides is 3. The Morgan fingerprint density at radius 3 is 1.93 bits per heavy atom. The molecule has 2 nitrogen and oxygen atoms in total. The zero-order valence-corrected chi connectivity index (χ0v) is 11.3. The number of rotatable bonds is 4. The Hall–Kier alpha value is 0.210. The van der Waals surface area contributed by atoms with Crippen LogP contribution >= 0.6 is 22.6 Å². The molecule has 0 aliphatic carbocycles. The lowest BCUT2D eigenvalue weighted by molar-refractivity contribution is -0.0433. The van der Waals surface area contributed by atoms with Crippen LogP contribution in [-0.4, -0.2) is 19.7 Å². The van der Waals surface area contributed by atoms with Gasteiger partial charge in [-0.3, -0.25) is 0 Å². The molecule has 0 saturated heterocycles. The van der Waals surface area contributed by atoms with Gasteiger partial charge in [0.1, 0.15) is 0 Å². The molecule has 0 aromatic rings. The van der Waals surface area contributed by atoms with E-state index in [1.54, 1.807) is 13.8 Å². The van der Waals surface area contributed by atoms with Crippen molar-refractivity contribution in [2.24, 2.45) is 0 Å². The van der Waals surface area contributed by atoms with E-state index in [1.807, 2.05) is 22.6 Å². The monoisotopic (exact) mass is 356 g/mol. The fraction of sp³-hybridized carbons (Fsp3) is 0.750. The molecule has 0 aromatic carbocycles. The van der Waals surface area contributed by atoms with Crippen LogP contribution in [0.15, 0.2) is 9.15 Å². The van der Waals surface area contributed by atoms with Crippen molar-refractivity contribution in [3.8, 4) is 0 Å². The van der Waals surface area contributed by atoms with Gasteiger partial charge in [-0.15, -0.1) is 0 Å². The van der Waals surface area contributed by atoms with Gasteiger partial charge in [0.2, 0.25) is 0 Å². The summed E-state index contributed by atoms with van der Waals surface area (Å²) in [5, 5.41) is 0. The summed E-state index contributed by atoms with van der Waals surface area (Å²) in [6, 6.07) is 0. The topological polar surface area (TPSA) is 34.1 Å². The second-order valence-electron chi connectivity index (χ2n) is 2.92. The van der Waals surface area contributed by atoms with Crippen molar-refractivity contribution < 1.29 is 21.6 Å². The molecule has 0 rings (SSSR count). The summed E-state index contributed by atoms with van der Waals surface area (Å²) in [4.78, 5) is 0. The second kappa shape index (κ2) is 5.51. The number of allylic oxidation sites excluding steroid dienone is 1. The summed E-state index contributed by atoms with van der Waals surface area (Å²) in [7, 11) is -5.03. The predicted octanol–water partition coefficient (Wildman–Crippen LogP) is 3.43. The summed E-state index contributed by atoms with van der Waals surface area (Å²) in [5.41, 5.74) is -4.81. The Morgan fingerprint density at radius 2 is 1.67 bits per heavy atom. The summed E-state index contributed by atoms with van der Waals surface area (Å²) < 4.78 is 58.7. The van der Waals surface area contributed by atoms with Crippen LogP contribution in [0.4, 0.5) is 13.2 Å². The van der Waals surface area contributed by atoms with E-state index < -0.39 is 21.1 Å². The van der Waals surface area contributed by atoms with Gasteiger partial charge in [0.25, 0.3) is 9.84 Å². The molecule has 0 amide bonds. The maximum atomic E-state index is 12.1. The molecule has 15 heavy (non-hydrogen) atoms. The summed E-state index contributed by atoms with van der Waals surface area (Å²) in [6.07, 6.45) is 0.874. The van der Waals surface area contributed by atoms with Crippen LogP contribution in [0.25, 0.3) is 0 Å². The number of halogens is 4. The minimum absolute atomic E-state index is 0.321. The van der Waals surface area contributed by atoms with E-state index >= 15 is 0 Å². The van der Waals surface area contributed by atoms with Crippen molar-refractivity contribution in [2.45, 2.75) is 32.2 Å². The highest BCUT2D eigenvalue weighted by molar-refractivity contribution is 14.1. The van der Waals surface area contributed by atoms with Crippen LogP contribution in [-0.2, 0) is 9.84 Å². The number of hydrogen-bond acceptors (Lipinski definition) is 2. The standard InChI is InChI=1S/C8H12F3IO2S/c1-3-6(7(12)4-2)5-15(13,14)8(9,10)11/h3-5H2,1-2H3/b7-6-. The van der Waals surface area contributed by atoms with Gasteiger partial charge in [-0.05, 0) is 44.6 Å². The molecule has 0 aliphatic rings. The lowest BCUT2D eigenvalue weighted by Crippen LogP contribution is -2.27. The fourth-order valence-electron chi connectivity index (χ4n) is 0.933. The van der Waals surface area contributed by atoms with Crippen molar-refractivity contribution in [2.75, 3.05) is 5.75 Å². The van der Waals surface area contributed by atoms with Crippen LogP contribution in [0.5, 0.6) is 0 Å². The van der Waals surface area contributed by atoms with Gasteiger partial charge in [0, 0.05) is 0 Å². The Bertz CT molecular complexity index is 343. The quantitative estimate of drug-likeness (QED) is 0.724. The third-order valence-electron chi connectivity index (χ3n) is 1.84. The Balaban J connectivity index is 5.04. The molecular weight excluding hydrogens is 344 g/mol. The molecule has 0 atom stereocenters. The molecular formula is C8H12F3IO2S. The molecule has 0 radical (unpaired) electrons. The van der Waals surface area contributed by atoms with E-state index in [4.69, 9.17) is 0 Å². The third-order valence-corrected chi connectivity index (χ3v) is 4.80. The van der Waals surface area contributed by atoms with Crippen LogP contribution in [0.1, 0.15) is 26.7 Å². The fourth-order valence-corrected chi connectivity index (χ4v) is 2.77. The minimum atomic E-state index is -5.15. The van der Waals surface area contributed by atoms with Gasteiger partial charge in [-0.2, -0.15) is 13.2 Å². The van der Waals surface area contributed by atoms with Crippen LogP contribution in [0, 0.1) is 0 Å². The van der Waals surface area contributed by atoms with Gasteiger partial charge in [-0.25, -0.2) is 8.42 Å². The van der Waals surface area contributed by atoms with Crippen molar-refractivity contribution in [1.29, 1.82) is 0 Å². The predicted molar refractivity (Wildman–Crippen MR) is 61.5 cm³/mol. The summed E-state index contributed by atoms with van der Waals surface area (Å²) in [5.74, 6) is -0.918. The summed E-state index contributed by atoms with van der Waals surface area (Å²) >= 11 is 1.88. The maximum absolute atomic E-state index is 12.1. The third kappa shape index (κ3) is 4.29. The Morgan fingerprint density at radius 1 is 1.20 bits per heavy atom. The zero-order valence-electron chi connectivity index (χ0n) is 8.36. The second-order valence-corrected chi connectivity index (χ2v) is 6.20. The lowest BCUT2D eigenvalue weighted by atomic mass is 10.2. The first-order valence-corrected chi connectivity index (χ1v) is 7.04. The highest BCUT2D eigenvalue weighted by atomic mass is 127. The van der Waals surface area contributed by atoms with Crippen molar-refractivity contribution >= 4 is 32.4 Å². The average Bonchev–Trinajstić information content (AvgIpc) is 2.11. The first-order valence-electron chi connectivity index (χ1n) is 4.31. The Kier molecular flexibility index (Phi) is 5.59. The normalized spacial score (nSPS) is 15.1. The van der Waals surface area contributed by atoms with E-state index in [0.717, 1.165) is 0 Å². The molecule has 0 fully saturated rings. The minimum Gasteiger partial charge on any atom is -0.219 e. The first kappa shape index (κ1) is 15.2. The maximum Gasteiger partial charge on any atom is 0.497 e. The molecule has 90 valence electrons. The molecule has 0 spiro atoms. The smallest absolute Gasteiger partial charge is 0.219 e. The van der Waals surface area contributed by atoms with E-state index in [9.17, 15) is 21.6 Å². The number of sulfone groups is 1. The van der Waals surface area contributed by atoms with Crippen LogP contribution in [0.3, 0.4) is 0 Å². The first-order chi connectivity index (χ1) is 6.65. The zero-order chi connectivity index (χ0) is 12.3. The van der Waals surface area contributed by atoms with Crippen molar-refractivity contribution in [3.05, 3.63) is 9.15 Å². The molecule has 0 saturated carbocycles. The van der Waals surface area contributed by atoms with Gasteiger partial charge < -0.3 is 0 Å². The van der Waals surface area contributed by atoms with Gasteiger partial charge in [0.05, 0.1) is 5.75 Å². The van der Waals surface area contributed by atoms with Gasteiger partial charge >= 0.3 is 5.51 Å². The van der Waals surface area contributed by atoms with E-state index in [2.05, 4.69) is 0 Å². The highest BCUT2D eigenvalue weighted by Gasteiger charge is 2.45. The molecule has 0 unspecified atom stereocenters. The van der Waals surface area contributed by atoms with Gasteiger partial charge in [0.15, 0.2) is 0 Å². The molecule has 7 heteroatoms. The average molecular weight is 356 g/mol. The van der Waals surface area contributed by atoms with Gasteiger partial charge in [-0.1, -0.05) is 13.8 Å². The molecule has 0 aromatic heterocycles. The SMILES string of the molecule is CC/C(I)=C(\CC)CS(=O)(=O)C(F)(F)F. The van der Waals surface area contributed by atoms with Crippen molar-refractivity contribution in [3.63, 3.8) is 0 Å². The van der Waals surface area contributed by atoms with E-state index in [1.165, 1.54) is 0 Å². The molecule has 0 bridgehead atoms. The molecule has 0 N–H and O–H groups in total. The van der Waals surface area contributed by atoms with E-state index in [0.29, 0.717) is 22.0 Å². The summed E-state index contributed by atoms with van der Waals surface area (Å²) in [6.45, 7) is 3.42. The lowest BCUT2D eigenvalue weighted by Gasteiger charge is -2.11. The van der Waals surface area contributed by atoms with Crippen LogP contribution in [0.2, 0.25) is 0 Å². The van der Waals surface area contributed by atoms with Crippen LogP contribution < -0.4 is 0 Å². The molecule has 0 aliphatic heterocycles. The molecule has 0 heterocycles. The largest absolute Gasteiger partial charge is 0.497 e. The van der Waals surface area contributed by atoms with Crippen molar-refractivity contribution in [1.82, 2.24) is 0 Å². The highest BCUT2D eigenvalue weighted by Crippen LogP contribution is 2.28. The van der Waals surface area contributed by atoms with E-state index in [-0.39, 0.29) is 0 Å². The Labute approximate surface area is 101 Å². The number of hydrogen-bond donors (Lipinski definition) is 0.